The highest BCUT2D eigenvalue weighted by molar-refractivity contribution is 9.10. The van der Waals surface area contributed by atoms with E-state index in [0.717, 1.165) is 32.8 Å². The molecule has 18 heavy (non-hydrogen) atoms. The van der Waals surface area contributed by atoms with Crippen molar-refractivity contribution in [2.75, 3.05) is 18.2 Å². The number of rotatable bonds is 3. The van der Waals surface area contributed by atoms with Crippen LogP contribution in [-0.4, -0.2) is 7.11 Å². The SMILES string of the molecule is COc1ccc(Br)c(Nc2cc(C)ccc2N)c1. The van der Waals surface area contributed by atoms with Gasteiger partial charge in [0.1, 0.15) is 5.75 Å². The Morgan fingerprint density at radius 1 is 1.11 bits per heavy atom. The van der Waals surface area contributed by atoms with Gasteiger partial charge in [-0.2, -0.15) is 0 Å². The molecule has 2 aromatic rings. The van der Waals surface area contributed by atoms with Crippen molar-refractivity contribution in [1.82, 2.24) is 0 Å². The Balaban J connectivity index is 2.36. The number of ether oxygens (including phenoxy) is 1. The number of benzene rings is 2. The molecule has 0 spiro atoms. The Morgan fingerprint density at radius 2 is 1.89 bits per heavy atom. The number of halogens is 1. The third kappa shape index (κ3) is 2.76. The first-order valence-electron chi connectivity index (χ1n) is 5.57. The van der Waals surface area contributed by atoms with Crippen molar-refractivity contribution < 1.29 is 4.74 Å². The van der Waals surface area contributed by atoms with Crippen LogP contribution in [0.3, 0.4) is 0 Å². The molecule has 4 heteroatoms. The first-order valence-corrected chi connectivity index (χ1v) is 6.36. The van der Waals surface area contributed by atoms with E-state index in [9.17, 15) is 0 Å². The molecule has 0 saturated carbocycles. The summed E-state index contributed by atoms with van der Waals surface area (Å²) in [7, 11) is 1.65. The number of nitrogens with two attached hydrogens (primary N) is 1. The Hall–Kier alpha value is -1.68. The summed E-state index contributed by atoms with van der Waals surface area (Å²) < 4.78 is 6.17. The smallest absolute Gasteiger partial charge is 0.121 e. The van der Waals surface area contributed by atoms with E-state index in [2.05, 4.69) is 21.2 Å². The Labute approximate surface area is 115 Å². The van der Waals surface area contributed by atoms with Crippen LogP contribution in [0.1, 0.15) is 5.56 Å². The maximum atomic E-state index is 5.95. The molecule has 0 fully saturated rings. The average Bonchev–Trinajstić information content (AvgIpc) is 2.36. The first kappa shape index (κ1) is 12.8. The number of hydrogen-bond acceptors (Lipinski definition) is 3. The molecule has 0 aliphatic rings. The highest BCUT2D eigenvalue weighted by Crippen LogP contribution is 2.32. The third-order valence-electron chi connectivity index (χ3n) is 2.65. The van der Waals surface area contributed by atoms with Crippen molar-refractivity contribution in [1.29, 1.82) is 0 Å². The van der Waals surface area contributed by atoms with Gasteiger partial charge in [-0.25, -0.2) is 0 Å². The normalized spacial score (nSPS) is 10.2. The summed E-state index contributed by atoms with van der Waals surface area (Å²) >= 11 is 3.50. The number of methoxy groups -OCH3 is 1. The first-order chi connectivity index (χ1) is 8.60. The monoisotopic (exact) mass is 306 g/mol. The molecule has 0 bridgehead atoms. The zero-order chi connectivity index (χ0) is 13.1. The summed E-state index contributed by atoms with van der Waals surface area (Å²) in [5.41, 5.74) is 9.64. The fraction of sp³-hybridized carbons (Fsp3) is 0.143. The van der Waals surface area contributed by atoms with E-state index in [1.807, 2.05) is 43.3 Å². The molecule has 0 amide bonds. The van der Waals surface area contributed by atoms with Gasteiger partial charge in [-0.05, 0) is 52.7 Å². The average molecular weight is 307 g/mol. The van der Waals surface area contributed by atoms with Crippen LogP contribution in [0, 0.1) is 6.92 Å². The molecule has 0 aromatic heterocycles. The van der Waals surface area contributed by atoms with E-state index in [1.165, 1.54) is 0 Å². The molecule has 0 radical (unpaired) electrons. The van der Waals surface area contributed by atoms with Gasteiger partial charge >= 0.3 is 0 Å². The lowest BCUT2D eigenvalue weighted by molar-refractivity contribution is 0.415. The van der Waals surface area contributed by atoms with Crippen molar-refractivity contribution in [3.8, 4) is 5.75 Å². The topological polar surface area (TPSA) is 47.3 Å². The zero-order valence-electron chi connectivity index (χ0n) is 10.3. The fourth-order valence-corrected chi connectivity index (χ4v) is 2.00. The number of nitrogens with one attached hydrogen (secondary N) is 1. The predicted octanol–water partition coefficient (Wildman–Crippen LogP) is 4.09. The predicted molar refractivity (Wildman–Crippen MR) is 79.6 cm³/mol. The zero-order valence-corrected chi connectivity index (χ0v) is 11.9. The molecule has 3 N–H and O–H groups in total. The second kappa shape index (κ2) is 5.31. The lowest BCUT2D eigenvalue weighted by Crippen LogP contribution is -1.98. The lowest BCUT2D eigenvalue weighted by Gasteiger charge is -2.13. The van der Waals surface area contributed by atoms with Gasteiger partial charge in [0.25, 0.3) is 0 Å². The highest BCUT2D eigenvalue weighted by atomic mass is 79.9. The number of hydrogen-bond donors (Lipinski definition) is 2. The number of aryl methyl sites for hydroxylation is 1. The van der Waals surface area contributed by atoms with Crippen LogP contribution in [0.4, 0.5) is 17.1 Å². The van der Waals surface area contributed by atoms with E-state index in [0.29, 0.717) is 0 Å². The van der Waals surface area contributed by atoms with Crippen LogP contribution in [0.25, 0.3) is 0 Å². The quantitative estimate of drug-likeness (QED) is 0.840. The fourth-order valence-electron chi connectivity index (χ4n) is 1.65. The van der Waals surface area contributed by atoms with Gasteiger partial charge < -0.3 is 15.8 Å². The van der Waals surface area contributed by atoms with Gasteiger partial charge in [0.15, 0.2) is 0 Å². The Kier molecular flexibility index (Phi) is 3.77. The van der Waals surface area contributed by atoms with Crippen LogP contribution in [0.15, 0.2) is 40.9 Å². The molecule has 0 unspecified atom stereocenters. The molecule has 3 nitrogen and oxygen atoms in total. The van der Waals surface area contributed by atoms with Crippen molar-refractivity contribution in [3.05, 3.63) is 46.4 Å². The van der Waals surface area contributed by atoms with E-state index in [1.54, 1.807) is 7.11 Å². The van der Waals surface area contributed by atoms with Gasteiger partial charge in [0.05, 0.1) is 24.2 Å². The van der Waals surface area contributed by atoms with Gasteiger partial charge in [-0.15, -0.1) is 0 Å². The van der Waals surface area contributed by atoms with Crippen molar-refractivity contribution >= 4 is 33.0 Å². The molecule has 2 rings (SSSR count). The van der Waals surface area contributed by atoms with Crippen LogP contribution >= 0.6 is 15.9 Å². The highest BCUT2D eigenvalue weighted by Gasteiger charge is 2.05. The Morgan fingerprint density at radius 3 is 2.61 bits per heavy atom. The third-order valence-corrected chi connectivity index (χ3v) is 3.34. The molecule has 2 aromatic carbocycles. The second-order valence-electron chi connectivity index (χ2n) is 4.06. The van der Waals surface area contributed by atoms with E-state index < -0.39 is 0 Å². The largest absolute Gasteiger partial charge is 0.497 e. The van der Waals surface area contributed by atoms with Gasteiger partial charge in [0.2, 0.25) is 0 Å². The molecule has 0 aliphatic heterocycles. The Bertz CT molecular complexity index is 570. The second-order valence-corrected chi connectivity index (χ2v) is 4.92. The molecule has 0 atom stereocenters. The summed E-state index contributed by atoms with van der Waals surface area (Å²) in [6.45, 7) is 2.03. The van der Waals surface area contributed by atoms with Crippen molar-refractivity contribution in [3.63, 3.8) is 0 Å². The minimum Gasteiger partial charge on any atom is -0.497 e. The van der Waals surface area contributed by atoms with E-state index >= 15 is 0 Å². The summed E-state index contributed by atoms with van der Waals surface area (Å²) in [4.78, 5) is 0. The minimum absolute atomic E-state index is 0.718. The van der Waals surface area contributed by atoms with E-state index in [-0.39, 0.29) is 0 Å². The summed E-state index contributed by atoms with van der Waals surface area (Å²) in [5, 5.41) is 3.30. The lowest BCUT2D eigenvalue weighted by atomic mass is 10.2. The minimum atomic E-state index is 0.718. The van der Waals surface area contributed by atoms with E-state index in [4.69, 9.17) is 10.5 Å². The molecule has 0 heterocycles. The molecule has 0 saturated heterocycles. The summed E-state index contributed by atoms with van der Waals surface area (Å²) in [6.07, 6.45) is 0. The van der Waals surface area contributed by atoms with Crippen LogP contribution in [0.5, 0.6) is 5.75 Å². The maximum absolute atomic E-state index is 5.95. The molecule has 0 aliphatic carbocycles. The van der Waals surface area contributed by atoms with Gasteiger partial charge in [0, 0.05) is 10.5 Å². The van der Waals surface area contributed by atoms with Crippen molar-refractivity contribution in [2.24, 2.45) is 0 Å². The molecule has 94 valence electrons. The standard InChI is InChI=1S/C14H15BrN2O/c1-9-3-6-12(16)14(7-9)17-13-8-10(18-2)4-5-11(13)15/h3-8,17H,16H2,1-2H3. The van der Waals surface area contributed by atoms with Gasteiger partial charge in [-0.1, -0.05) is 6.07 Å². The summed E-state index contributed by atoms with van der Waals surface area (Å²) in [5.74, 6) is 0.798. The number of nitrogen functional groups attached to an aromatic ring is 1. The summed E-state index contributed by atoms with van der Waals surface area (Å²) in [6, 6.07) is 11.7. The molecular formula is C14H15BrN2O. The number of anilines is 3. The molecular weight excluding hydrogens is 292 g/mol. The van der Waals surface area contributed by atoms with Gasteiger partial charge in [-0.3, -0.25) is 0 Å². The van der Waals surface area contributed by atoms with Crippen LogP contribution in [0.2, 0.25) is 0 Å². The van der Waals surface area contributed by atoms with Crippen LogP contribution in [-0.2, 0) is 0 Å². The van der Waals surface area contributed by atoms with Crippen LogP contribution < -0.4 is 15.8 Å². The van der Waals surface area contributed by atoms with Crippen molar-refractivity contribution in [2.45, 2.75) is 6.92 Å². The maximum Gasteiger partial charge on any atom is 0.121 e.